The minimum Gasteiger partial charge on any atom is -0.459 e. The van der Waals surface area contributed by atoms with Crippen molar-refractivity contribution in [1.29, 1.82) is 0 Å². The number of rotatable bonds is 6. The molecule has 0 aliphatic carbocycles. The van der Waals surface area contributed by atoms with Crippen LogP contribution in [0.15, 0.2) is 36.4 Å². The fourth-order valence-electron chi connectivity index (χ4n) is 2.61. The maximum absolute atomic E-state index is 12.4. The minimum absolute atomic E-state index is 0.235. The lowest BCUT2D eigenvalue weighted by Gasteiger charge is -2.15. The molecule has 0 amide bonds. The lowest BCUT2D eigenvalue weighted by molar-refractivity contribution is 0.0377. The topological polar surface area (TPSA) is 76.7 Å². The number of aryl methyl sites for hydroxylation is 2. The van der Waals surface area contributed by atoms with E-state index in [-0.39, 0.29) is 23.3 Å². The van der Waals surface area contributed by atoms with Crippen molar-refractivity contribution in [2.24, 2.45) is 0 Å². The van der Waals surface area contributed by atoms with Crippen LogP contribution in [0.1, 0.15) is 59.5 Å². The third-order valence-corrected chi connectivity index (χ3v) is 4.32. The third kappa shape index (κ3) is 6.84. The zero-order valence-corrected chi connectivity index (χ0v) is 19.0. The summed E-state index contributed by atoms with van der Waals surface area (Å²) in [6.07, 6.45) is -0.569. The monoisotopic (exact) mass is 428 g/mol. The summed E-state index contributed by atoms with van der Waals surface area (Å²) in [4.78, 5) is 24.8. The smallest absolute Gasteiger partial charge is 0.338 e. The molecule has 30 heavy (non-hydrogen) atoms. The van der Waals surface area contributed by atoms with Crippen LogP contribution < -0.4 is 10.6 Å². The molecule has 2 aromatic rings. The van der Waals surface area contributed by atoms with E-state index in [1.165, 1.54) is 11.6 Å². The Hall–Kier alpha value is -2.93. The molecular weight excluding hydrogens is 400 g/mol. The molecule has 0 aromatic heterocycles. The second kappa shape index (κ2) is 10.2. The van der Waals surface area contributed by atoms with E-state index >= 15 is 0 Å². The van der Waals surface area contributed by atoms with Crippen molar-refractivity contribution in [3.8, 4) is 0 Å². The number of ether oxygens (including phenoxy) is 2. The Balaban J connectivity index is 2.27. The summed E-state index contributed by atoms with van der Waals surface area (Å²) in [5.41, 5.74) is 4.11. The molecule has 6 nitrogen and oxygen atoms in total. The normalized spacial score (nSPS) is 10.7. The Morgan fingerprint density at radius 2 is 1.27 bits per heavy atom. The Morgan fingerprint density at radius 1 is 0.767 bits per heavy atom. The second-order valence-corrected chi connectivity index (χ2v) is 7.99. The van der Waals surface area contributed by atoms with Gasteiger partial charge in [0.1, 0.15) is 0 Å². The summed E-state index contributed by atoms with van der Waals surface area (Å²) < 4.78 is 10.5. The molecule has 0 spiro atoms. The van der Waals surface area contributed by atoms with E-state index in [4.69, 9.17) is 21.7 Å². The van der Waals surface area contributed by atoms with Gasteiger partial charge >= 0.3 is 11.9 Å². The Kier molecular flexibility index (Phi) is 7.94. The highest BCUT2D eigenvalue weighted by Crippen LogP contribution is 2.20. The number of carbonyl (C=O) groups excluding carboxylic acids is 2. The Bertz CT molecular complexity index is 914. The van der Waals surface area contributed by atoms with E-state index in [9.17, 15) is 9.59 Å². The Labute approximate surface area is 183 Å². The molecule has 0 aliphatic heterocycles. The van der Waals surface area contributed by atoms with Gasteiger partial charge in [0.05, 0.1) is 23.3 Å². The van der Waals surface area contributed by atoms with Crippen LogP contribution in [0.3, 0.4) is 0 Å². The van der Waals surface area contributed by atoms with E-state index in [1.807, 2.05) is 32.0 Å². The zero-order valence-electron chi connectivity index (χ0n) is 18.2. The van der Waals surface area contributed by atoms with Gasteiger partial charge in [-0.25, -0.2) is 9.59 Å². The van der Waals surface area contributed by atoms with Gasteiger partial charge in [-0.1, -0.05) is 6.07 Å². The quantitative estimate of drug-likeness (QED) is 0.481. The van der Waals surface area contributed by atoms with Gasteiger partial charge < -0.3 is 20.1 Å². The number of thiocarbonyl (C=S) groups is 1. The van der Waals surface area contributed by atoms with Crippen molar-refractivity contribution in [2.75, 3.05) is 10.6 Å². The van der Waals surface area contributed by atoms with E-state index < -0.39 is 11.9 Å². The van der Waals surface area contributed by atoms with Crippen LogP contribution in [0.2, 0.25) is 0 Å². The fraction of sp³-hybridized carbons (Fsp3) is 0.348. The maximum Gasteiger partial charge on any atom is 0.338 e. The highest BCUT2D eigenvalue weighted by Gasteiger charge is 2.17. The number of anilines is 2. The third-order valence-electron chi connectivity index (χ3n) is 4.11. The average Bonchev–Trinajstić information content (AvgIpc) is 2.63. The maximum atomic E-state index is 12.4. The lowest BCUT2D eigenvalue weighted by atomic mass is 10.1. The minimum atomic E-state index is -0.528. The summed E-state index contributed by atoms with van der Waals surface area (Å²) in [6, 6.07) is 10.6. The molecule has 0 saturated heterocycles. The number of benzene rings is 2. The molecule has 2 rings (SSSR count). The van der Waals surface area contributed by atoms with Gasteiger partial charge in [0.2, 0.25) is 0 Å². The molecule has 160 valence electrons. The van der Waals surface area contributed by atoms with Gasteiger partial charge in [-0.05, 0) is 95.2 Å². The van der Waals surface area contributed by atoms with E-state index in [0.717, 1.165) is 11.3 Å². The van der Waals surface area contributed by atoms with Crippen LogP contribution in [-0.2, 0) is 9.47 Å². The molecule has 2 aromatic carbocycles. The van der Waals surface area contributed by atoms with Crippen LogP contribution in [0, 0.1) is 13.8 Å². The van der Waals surface area contributed by atoms with Gasteiger partial charge in [0, 0.05) is 11.4 Å². The van der Waals surface area contributed by atoms with Crippen molar-refractivity contribution in [1.82, 2.24) is 0 Å². The van der Waals surface area contributed by atoms with Gasteiger partial charge in [0.15, 0.2) is 5.11 Å². The molecule has 7 heteroatoms. The number of hydrogen-bond acceptors (Lipinski definition) is 5. The fourth-order valence-corrected chi connectivity index (χ4v) is 2.85. The molecule has 0 saturated carbocycles. The van der Waals surface area contributed by atoms with Gasteiger partial charge in [-0.2, -0.15) is 0 Å². The molecule has 0 bridgehead atoms. The van der Waals surface area contributed by atoms with E-state index in [2.05, 4.69) is 10.6 Å². The first kappa shape index (κ1) is 23.3. The van der Waals surface area contributed by atoms with Gasteiger partial charge in [0.25, 0.3) is 0 Å². The summed E-state index contributed by atoms with van der Waals surface area (Å²) in [6.45, 7) is 11.1. The largest absolute Gasteiger partial charge is 0.459 e. The molecule has 0 unspecified atom stereocenters. The highest BCUT2D eigenvalue weighted by atomic mass is 32.1. The molecular formula is C23H28N2O4S. The van der Waals surface area contributed by atoms with Crippen LogP contribution in [0.5, 0.6) is 0 Å². The predicted molar refractivity (Wildman–Crippen MR) is 123 cm³/mol. The highest BCUT2D eigenvalue weighted by molar-refractivity contribution is 7.80. The SMILES string of the molecule is Cc1ccc(NC(=S)Nc2cc(C(=O)OC(C)C)cc(C(=O)OC(C)C)c2)cc1C. The average molecular weight is 429 g/mol. The van der Waals surface area contributed by atoms with Crippen molar-refractivity contribution >= 4 is 40.6 Å². The number of esters is 2. The van der Waals surface area contributed by atoms with Crippen LogP contribution in [0.4, 0.5) is 11.4 Å². The summed E-state index contributed by atoms with van der Waals surface area (Å²) in [5, 5.41) is 6.46. The number of nitrogens with one attached hydrogen (secondary N) is 2. The molecule has 0 atom stereocenters. The first-order chi connectivity index (χ1) is 14.0. The molecule has 2 N–H and O–H groups in total. The number of hydrogen-bond donors (Lipinski definition) is 2. The van der Waals surface area contributed by atoms with Crippen molar-refractivity contribution in [3.05, 3.63) is 58.7 Å². The lowest BCUT2D eigenvalue weighted by Crippen LogP contribution is -2.21. The zero-order chi connectivity index (χ0) is 22.4. The van der Waals surface area contributed by atoms with Crippen LogP contribution in [-0.4, -0.2) is 29.3 Å². The predicted octanol–water partition coefficient (Wildman–Crippen LogP) is 5.24. The molecule has 0 aliphatic rings. The summed E-state index contributed by atoms with van der Waals surface area (Å²) >= 11 is 5.40. The van der Waals surface area contributed by atoms with Gasteiger partial charge in [-0.15, -0.1) is 0 Å². The van der Waals surface area contributed by atoms with Crippen molar-refractivity contribution < 1.29 is 19.1 Å². The van der Waals surface area contributed by atoms with E-state index in [0.29, 0.717) is 10.8 Å². The first-order valence-electron chi connectivity index (χ1n) is 9.77. The van der Waals surface area contributed by atoms with Crippen LogP contribution >= 0.6 is 12.2 Å². The van der Waals surface area contributed by atoms with Gasteiger partial charge in [-0.3, -0.25) is 0 Å². The molecule has 0 heterocycles. The van der Waals surface area contributed by atoms with Crippen molar-refractivity contribution in [2.45, 2.75) is 53.8 Å². The summed E-state index contributed by atoms with van der Waals surface area (Å²) in [7, 11) is 0. The molecule has 0 radical (unpaired) electrons. The van der Waals surface area contributed by atoms with E-state index in [1.54, 1.807) is 39.8 Å². The second-order valence-electron chi connectivity index (χ2n) is 7.59. The van der Waals surface area contributed by atoms with Crippen molar-refractivity contribution in [3.63, 3.8) is 0 Å². The number of carbonyl (C=O) groups is 2. The standard InChI is InChI=1S/C23H28N2O4S/c1-13(2)28-21(26)17-10-18(22(27)29-14(3)4)12-20(11-17)25-23(30)24-19-8-7-15(5)16(6)9-19/h7-14H,1-6H3,(H2,24,25,30). The summed E-state index contributed by atoms with van der Waals surface area (Å²) in [5.74, 6) is -1.06. The molecule has 0 fully saturated rings. The van der Waals surface area contributed by atoms with Crippen LogP contribution in [0.25, 0.3) is 0 Å². The Morgan fingerprint density at radius 3 is 1.73 bits per heavy atom. The first-order valence-corrected chi connectivity index (χ1v) is 10.2.